The summed E-state index contributed by atoms with van der Waals surface area (Å²) in [5.41, 5.74) is 0.910. The van der Waals surface area contributed by atoms with Crippen molar-refractivity contribution < 1.29 is 9.66 Å². The van der Waals surface area contributed by atoms with E-state index in [2.05, 4.69) is 11.6 Å². The van der Waals surface area contributed by atoms with Gasteiger partial charge in [-0.15, -0.1) is 0 Å². The van der Waals surface area contributed by atoms with Gasteiger partial charge in [0.1, 0.15) is 5.75 Å². The van der Waals surface area contributed by atoms with Gasteiger partial charge in [-0.3, -0.25) is 10.1 Å². The van der Waals surface area contributed by atoms with Crippen LogP contribution >= 0.6 is 11.8 Å². The molecule has 0 atom stereocenters. The average Bonchev–Trinajstić information content (AvgIpc) is 2.36. The second kappa shape index (κ2) is 7.94. The van der Waals surface area contributed by atoms with E-state index in [4.69, 9.17) is 4.74 Å². The Morgan fingerprint density at radius 3 is 2.89 bits per heavy atom. The number of hydrogen-bond donors (Lipinski definition) is 1. The van der Waals surface area contributed by atoms with Gasteiger partial charge in [0.2, 0.25) is 0 Å². The molecule has 0 aliphatic rings. The lowest BCUT2D eigenvalue weighted by atomic mass is 10.1. The Labute approximate surface area is 111 Å². The van der Waals surface area contributed by atoms with E-state index in [0.29, 0.717) is 13.2 Å². The van der Waals surface area contributed by atoms with Crippen molar-refractivity contribution >= 4 is 17.4 Å². The number of rotatable bonds is 8. The van der Waals surface area contributed by atoms with Crippen molar-refractivity contribution in [1.82, 2.24) is 5.32 Å². The number of benzene rings is 1. The molecular weight excluding hydrogens is 252 g/mol. The van der Waals surface area contributed by atoms with Crippen molar-refractivity contribution in [3.8, 4) is 5.75 Å². The third kappa shape index (κ3) is 4.54. The summed E-state index contributed by atoms with van der Waals surface area (Å²) in [6.07, 6.45) is 3.02. The van der Waals surface area contributed by atoms with Crippen molar-refractivity contribution in [1.29, 1.82) is 0 Å². The van der Waals surface area contributed by atoms with Crippen molar-refractivity contribution in [2.24, 2.45) is 0 Å². The normalized spacial score (nSPS) is 10.3. The first-order valence-electron chi connectivity index (χ1n) is 5.72. The molecule has 100 valence electrons. The number of ether oxygens (including phenoxy) is 1. The van der Waals surface area contributed by atoms with E-state index in [1.54, 1.807) is 30.9 Å². The van der Waals surface area contributed by atoms with Gasteiger partial charge in [0, 0.05) is 24.2 Å². The first kappa shape index (κ1) is 14.8. The van der Waals surface area contributed by atoms with Crippen LogP contribution < -0.4 is 10.1 Å². The van der Waals surface area contributed by atoms with Crippen LogP contribution in [0.2, 0.25) is 0 Å². The maximum atomic E-state index is 10.7. The number of hydrogen-bond acceptors (Lipinski definition) is 5. The molecule has 0 radical (unpaired) electrons. The number of nitro benzene ring substituents is 1. The highest BCUT2D eigenvalue weighted by Crippen LogP contribution is 2.24. The van der Waals surface area contributed by atoms with Crippen LogP contribution in [0.5, 0.6) is 5.75 Å². The molecule has 18 heavy (non-hydrogen) atoms. The number of non-ortho nitro benzene ring substituents is 1. The molecule has 0 aliphatic heterocycles. The molecule has 0 heterocycles. The first-order chi connectivity index (χ1) is 8.69. The summed E-state index contributed by atoms with van der Waals surface area (Å²) >= 11 is 1.78. The highest BCUT2D eigenvalue weighted by atomic mass is 32.2. The summed E-state index contributed by atoms with van der Waals surface area (Å²) in [4.78, 5) is 10.3. The second-order valence-electron chi connectivity index (χ2n) is 3.77. The predicted molar refractivity (Wildman–Crippen MR) is 74.4 cm³/mol. The lowest BCUT2D eigenvalue weighted by Crippen LogP contribution is -2.09. The van der Waals surface area contributed by atoms with Gasteiger partial charge in [0.05, 0.1) is 11.5 Å². The Balaban J connectivity index is 2.73. The molecule has 1 aromatic rings. The molecule has 0 saturated carbocycles. The lowest BCUT2D eigenvalue weighted by molar-refractivity contribution is -0.384. The van der Waals surface area contributed by atoms with Crippen LogP contribution in [0.15, 0.2) is 18.2 Å². The number of nitrogens with zero attached hydrogens (tertiary/aromatic N) is 1. The van der Waals surface area contributed by atoms with Crippen LogP contribution in [0.25, 0.3) is 0 Å². The molecule has 0 fully saturated rings. The van der Waals surface area contributed by atoms with Crippen molar-refractivity contribution in [3.05, 3.63) is 33.9 Å². The Kier molecular flexibility index (Phi) is 6.53. The SMILES string of the molecule is CNCc1cc([N+](=O)[O-])ccc1OCCCSC. The highest BCUT2D eigenvalue weighted by molar-refractivity contribution is 7.98. The van der Waals surface area contributed by atoms with Crippen LogP contribution in [0, 0.1) is 10.1 Å². The van der Waals surface area contributed by atoms with E-state index in [-0.39, 0.29) is 5.69 Å². The van der Waals surface area contributed by atoms with Gasteiger partial charge in [-0.1, -0.05) is 0 Å². The van der Waals surface area contributed by atoms with Crippen molar-refractivity contribution in [2.75, 3.05) is 25.7 Å². The molecule has 1 N–H and O–H groups in total. The molecule has 1 aromatic carbocycles. The quantitative estimate of drug-likeness (QED) is 0.446. The standard InChI is InChI=1S/C12H18N2O3S/c1-13-9-10-8-11(14(15)16)4-5-12(10)17-6-3-7-18-2/h4-5,8,13H,3,6-7,9H2,1-2H3. The molecular formula is C12H18N2O3S. The Bertz CT molecular complexity index is 399. The van der Waals surface area contributed by atoms with Gasteiger partial charge < -0.3 is 10.1 Å². The molecule has 0 aliphatic carbocycles. The van der Waals surface area contributed by atoms with E-state index in [1.165, 1.54) is 6.07 Å². The van der Waals surface area contributed by atoms with Gasteiger partial charge >= 0.3 is 0 Å². The van der Waals surface area contributed by atoms with Crippen LogP contribution in [-0.4, -0.2) is 30.6 Å². The molecule has 5 nitrogen and oxygen atoms in total. The van der Waals surface area contributed by atoms with Crippen LogP contribution in [0.1, 0.15) is 12.0 Å². The molecule has 0 bridgehead atoms. The fourth-order valence-electron chi connectivity index (χ4n) is 1.53. The van der Waals surface area contributed by atoms with E-state index in [0.717, 1.165) is 23.5 Å². The van der Waals surface area contributed by atoms with Crippen molar-refractivity contribution in [3.63, 3.8) is 0 Å². The van der Waals surface area contributed by atoms with Crippen molar-refractivity contribution in [2.45, 2.75) is 13.0 Å². The molecule has 0 spiro atoms. The van der Waals surface area contributed by atoms with Gasteiger partial charge in [0.25, 0.3) is 5.69 Å². The molecule has 6 heteroatoms. The third-order valence-corrected chi connectivity index (χ3v) is 3.07. The predicted octanol–water partition coefficient (Wildman–Crippen LogP) is 2.45. The zero-order valence-corrected chi connectivity index (χ0v) is 11.5. The van der Waals surface area contributed by atoms with Crippen LogP contribution in [-0.2, 0) is 6.54 Å². The van der Waals surface area contributed by atoms with Gasteiger partial charge in [0.15, 0.2) is 0 Å². The molecule has 1 rings (SSSR count). The Morgan fingerprint density at radius 2 is 2.28 bits per heavy atom. The first-order valence-corrected chi connectivity index (χ1v) is 7.12. The number of nitrogens with one attached hydrogen (secondary N) is 1. The van der Waals surface area contributed by atoms with Gasteiger partial charge in [-0.2, -0.15) is 11.8 Å². The smallest absolute Gasteiger partial charge is 0.270 e. The Hall–Kier alpha value is -1.27. The van der Waals surface area contributed by atoms with Crippen LogP contribution in [0.4, 0.5) is 5.69 Å². The zero-order valence-electron chi connectivity index (χ0n) is 10.6. The van der Waals surface area contributed by atoms with Gasteiger partial charge in [-0.25, -0.2) is 0 Å². The Morgan fingerprint density at radius 1 is 1.50 bits per heavy atom. The highest BCUT2D eigenvalue weighted by Gasteiger charge is 2.11. The van der Waals surface area contributed by atoms with E-state index in [9.17, 15) is 10.1 Å². The van der Waals surface area contributed by atoms with E-state index >= 15 is 0 Å². The lowest BCUT2D eigenvalue weighted by Gasteiger charge is -2.10. The minimum atomic E-state index is -0.392. The van der Waals surface area contributed by atoms with E-state index in [1.807, 2.05) is 0 Å². The fourth-order valence-corrected chi connectivity index (χ4v) is 1.94. The van der Waals surface area contributed by atoms with E-state index < -0.39 is 4.92 Å². The van der Waals surface area contributed by atoms with Gasteiger partial charge in [-0.05, 0) is 31.5 Å². The second-order valence-corrected chi connectivity index (χ2v) is 4.76. The number of nitro groups is 1. The summed E-state index contributed by atoms with van der Waals surface area (Å²) in [6.45, 7) is 1.19. The maximum absolute atomic E-state index is 10.7. The molecule has 0 aromatic heterocycles. The topological polar surface area (TPSA) is 64.4 Å². The summed E-state index contributed by atoms with van der Waals surface area (Å²) in [7, 11) is 1.80. The third-order valence-electron chi connectivity index (χ3n) is 2.37. The summed E-state index contributed by atoms with van der Waals surface area (Å²) in [6, 6.07) is 4.70. The molecule has 0 amide bonds. The zero-order chi connectivity index (χ0) is 13.4. The monoisotopic (exact) mass is 270 g/mol. The maximum Gasteiger partial charge on any atom is 0.270 e. The minimum Gasteiger partial charge on any atom is -0.493 e. The average molecular weight is 270 g/mol. The largest absolute Gasteiger partial charge is 0.493 e. The summed E-state index contributed by atoms with van der Waals surface area (Å²) in [5, 5.41) is 13.7. The number of thioether (sulfide) groups is 1. The summed E-state index contributed by atoms with van der Waals surface area (Å²) < 4.78 is 5.65. The van der Waals surface area contributed by atoms with Crippen LogP contribution in [0.3, 0.4) is 0 Å². The molecule has 0 saturated heterocycles. The molecule has 0 unspecified atom stereocenters. The summed E-state index contributed by atoms with van der Waals surface area (Å²) in [5.74, 6) is 1.77. The fraction of sp³-hybridized carbons (Fsp3) is 0.500. The minimum absolute atomic E-state index is 0.0942.